The van der Waals surface area contributed by atoms with E-state index in [1.165, 1.54) is 0 Å². The second-order valence-electron chi connectivity index (χ2n) is 11.9. The first-order chi connectivity index (χ1) is 20.6. The van der Waals surface area contributed by atoms with E-state index in [2.05, 4.69) is 26.8 Å². The van der Waals surface area contributed by atoms with Gasteiger partial charge in [-0.05, 0) is 64.7 Å². The summed E-state index contributed by atoms with van der Waals surface area (Å²) in [6.45, 7) is 6.18. The van der Waals surface area contributed by atoms with Gasteiger partial charge in [0, 0.05) is 54.3 Å². The Morgan fingerprint density at radius 3 is 2.33 bits per heavy atom. The zero-order valence-corrected chi connectivity index (χ0v) is 25.8. The molecule has 1 saturated carbocycles. The summed E-state index contributed by atoms with van der Waals surface area (Å²) < 4.78 is 18.5. The van der Waals surface area contributed by atoms with Gasteiger partial charge in [-0.1, -0.05) is 11.8 Å². The summed E-state index contributed by atoms with van der Waals surface area (Å²) >= 11 is 0. The van der Waals surface area contributed by atoms with Crippen molar-refractivity contribution in [1.82, 2.24) is 19.7 Å². The second kappa shape index (κ2) is 12.7. The van der Waals surface area contributed by atoms with Crippen LogP contribution in [0.2, 0.25) is 0 Å². The van der Waals surface area contributed by atoms with Crippen LogP contribution in [0.5, 0.6) is 11.5 Å². The van der Waals surface area contributed by atoms with Crippen molar-refractivity contribution in [2.24, 2.45) is 18.9 Å². The Morgan fingerprint density at radius 1 is 0.977 bits per heavy atom. The summed E-state index contributed by atoms with van der Waals surface area (Å²) in [7, 11) is 5.16. The minimum atomic E-state index is -0.464. The van der Waals surface area contributed by atoms with Crippen molar-refractivity contribution in [2.75, 3.05) is 25.7 Å². The third-order valence-corrected chi connectivity index (χ3v) is 7.50. The van der Waals surface area contributed by atoms with Crippen LogP contribution in [0.1, 0.15) is 46.5 Å². The predicted octanol–water partition coefficient (Wildman–Crippen LogP) is 6.34. The number of esters is 1. The first-order valence-corrected chi connectivity index (χ1v) is 14.6. The third kappa shape index (κ3) is 7.44. The van der Waals surface area contributed by atoms with Crippen LogP contribution >= 0.6 is 0 Å². The number of methoxy groups -OCH3 is 2. The Balaban J connectivity index is 1.41. The summed E-state index contributed by atoms with van der Waals surface area (Å²) in [5.41, 5.74) is 4.57. The largest absolute Gasteiger partial charge is 0.497 e. The zero-order valence-electron chi connectivity index (χ0n) is 25.8. The molecule has 0 spiro atoms. The number of carbonyl (C=O) groups is 1. The van der Waals surface area contributed by atoms with Crippen LogP contribution in [0, 0.1) is 23.7 Å². The Bertz CT molecular complexity index is 1630. The van der Waals surface area contributed by atoms with Gasteiger partial charge in [0.05, 0.1) is 55.8 Å². The Kier molecular flexibility index (Phi) is 8.86. The number of nitrogens with zero attached hydrogens (tertiary/aromatic N) is 5. The monoisotopic (exact) mass is 581 g/mol. The summed E-state index contributed by atoms with van der Waals surface area (Å²) in [4.78, 5) is 24.2. The lowest BCUT2D eigenvalue weighted by Crippen LogP contribution is -2.30. The highest BCUT2D eigenvalue weighted by molar-refractivity contribution is 5.83. The average Bonchev–Trinajstić information content (AvgIpc) is 3.44. The molecule has 2 heterocycles. The maximum atomic E-state index is 12.5. The number of fused-ring (bicyclic) bond motifs is 1. The first kappa shape index (κ1) is 29.9. The molecule has 2 aromatic carbocycles. The standard InChI is InChI=1S/C34H39N5O4/c1-34(2,3)43-33(40)24-11-9-23(10-12-24)8-7-15-39(27-16-28(41-5)19-29(17-27)42-6)26-13-14-30-31(18-26)37-32(21-35-30)25-20-36-38(4)22-25/h13-14,16-24H,9-12,15H2,1-6H3. The van der Waals surface area contributed by atoms with Crippen LogP contribution < -0.4 is 14.4 Å². The summed E-state index contributed by atoms with van der Waals surface area (Å²) in [5.74, 6) is 8.38. The van der Waals surface area contributed by atoms with Crippen molar-refractivity contribution in [3.63, 3.8) is 0 Å². The smallest absolute Gasteiger partial charge is 0.309 e. The molecule has 9 nitrogen and oxygen atoms in total. The van der Waals surface area contributed by atoms with Crippen molar-refractivity contribution >= 4 is 28.4 Å². The molecule has 9 heteroatoms. The van der Waals surface area contributed by atoms with E-state index in [4.69, 9.17) is 19.2 Å². The number of carbonyl (C=O) groups excluding carboxylic acids is 1. The van der Waals surface area contributed by atoms with E-state index in [1.54, 1.807) is 31.3 Å². The maximum Gasteiger partial charge on any atom is 0.309 e. The molecular formula is C34H39N5O4. The van der Waals surface area contributed by atoms with Gasteiger partial charge in [-0.15, -0.1) is 0 Å². The highest BCUT2D eigenvalue weighted by Gasteiger charge is 2.29. The first-order valence-electron chi connectivity index (χ1n) is 14.6. The van der Waals surface area contributed by atoms with Crippen LogP contribution in [0.4, 0.5) is 11.4 Å². The fraction of sp³-hybridized carbons (Fsp3) is 0.412. The van der Waals surface area contributed by atoms with Gasteiger partial charge in [0.15, 0.2) is 0 Å². The molecule has 0 N–H and O–H groups in total. The van der Waals surface area contributed by atoms with Gasteiger partial charge in [0.25, 0.3) is 0 Å². The molecule has 1 aliphatic carbocycles. The summed E-state index contributed by atoms with van der Waals surface area (Å²) in [5, 5.41) is 4.27. The molecule has 0 atom stereocenters. The number of anilines is 2. The van der Waals surface area contributed by atoms with Gasteiger partial charge in [0.2, 0.25) is 0 Å². The van der Waals surface area contributed by atoms with Crippen LogP contribution in [0.3, 0.4) is 0 Å². The number of rotatable bonds is 7. The fourth-order valence-electron chi connectivity index (χ4n) is 5.27. The van der Waals surface area contributed by atoms with Gasteiger partial charge in [-0.2, -0.15) is 5.10 Å². The highest BCUT2D eigenvalue weighted by atomic mass is 16.6. The normalized spacial score (nSPS) is 16.7. The van der Waals surface area contributed by atoms with Gasteiger partial charge < -0.3 is 19.1 Å². The minimum absolute atomic E-state index is 0.0479. The van der Waals surface area contributed by atoms with E-state index in [0.717, 1.165) is 59.3 Å². The number of aryl methyl sites for hydroxylation is 1. The van der Waals surface area contributed by atoms with Crippen LogP contribution in [0.25, 0.3) is 22.3 Å². The van der Waals surface area contributed by atoms with Crippen molar-refractivity contribution in [3.05, 3.63) is 55.0 Å². The van der Waals surface area contributed by atoms with Crippen molar-refractivity contribution in [1.29, 1.82) is 0 Å². The SMILES string of the molecule is COc1cc(OC)cc(N(CC#CC2CCC(C(=O)OC(C)(C)C)CC2)c2ccc3ncc(-c4cnn(C)c4)nc3c2)c1. The van der Waals surface area contributed by atoms with E-state index in [-0.39, 0.29) is 17.8 Å². The molecule has 4 aromatic rings. The summed E-state index contributed by atoms with van der Waals surface area (Å²) in [6, 6.07) is 11.8. The van der Waals surface area contributed by atoms with E-state index in [1.807, 2.05) is 70.4 Å². The van der Waals surface area contributed by atoms with Crippen LogP contribution in [-0.2, 0) is 16.6 Å². The lowest BCUT2D eigenvalue weighted by atomic mass is 9.82. The van der Waals surface area contributed by atoms with E-state index in [0.29, 0.717) is 18.0 Å². The van der Waals surface area contributed by atoms with Gasteiger partial charge in [-0.3, -0.25) is 14.5 Å². The topological polar surface area (TPSA) is 91.6 Å². The number of hydrogen-bond acceptors (Lipinski definition) is 8. The molecule has 0 unspecified atom stereocenters. The highest BCUT2D eigenvalue weighted by Crippen LogP contribution is 2.34. The molecule has 0 amide bonds. The molecule has 5 rings (SSSR count). The number of ether oxygens (including phenoxy) is 3. The van der Waals surface area contributed by atoms with Crippen molar-refractivity contribution in [2.45, 2.75) is 52.1 Å². The molecule has 0 saturated heterocycles. The predicted molar refractivity (Wildman–Crippen MR) is 167 cm³/mol. The van der Waals surface area contributed by atoms with Crippen LogP contribution in [0.15, 0.2) is 55.0 Å². The Labute approximate surface area is 253 Å². The second-order valence-corrected chi connectivity index (χ2v) is 11.9. The Hall–Kier alpha value is -4.58. The maximum absolute atomic E-state index is 12.5. The third-order valence-electron chi connectivity index (χ3n) is 7.50. The van der Waals surface area contributed by atoms with Gasteiger partial charge >= 0.3 is 5.97 Å². The molecule has 1 fully saturated rings. The van der Waals surface area contributed by atoms with E-state index >= 15 is 0 Å². The number of hydrogen-bond donors (Lipinski definition) is 0. The van der Waals surface area contributed by atoms with Crippen molar-refractivity contribution < 1.29 is 19.0 Å². The van der Waals surface area contributed by atoms with E-state index in [9.17, 15) is 4.79 Å². The molecule has 43 heavy (non-hydrogen) atoms. The van der Waals surface area contributed by atoms with Gasteiger partial charge in [0.1, 0.15) is 17.1 Å². The molecule has 0 aliphatic heterocycles. The molecular weight excluding hydrogens is 542 g/mol. The summed E-state index contributed by atoms with van der Waals surface area (Å²) in [6.07, 6.45) is 8.84. The molecule has 0 bridgehead atoms. The zero-order chi connectivity index (χ0) is 30.6. The lowest BCUT2D eigenvalue weighted by molar-refractivity contribution is -0.161. The minimum Gasteiger partial charge on any atom is -0.497 e. The quantitative estimate of drug-likeness (QED) is 0.185. The Morgan fingerprint density at radius 2 is 1.70 bits per heavy atom. The lowest BCUT2D eigenvalue weighted by Gasteiger charge is -2.28. The average molecular weight is 582 g/mol. The van der Waals surface area contributed by atoms with E-state index < -0.39 is 5.60 Å². The number of aromatic nitrogens is 4. The molecule has 0 radical (unpaired) electrons. The van der Waals surface area contributed by atoms with Crippen LogP contribution in [-0.4, -0.2) is 52.1 Å². The number of benzene rings is 2. The fourth-order valence-corrected chi connectivity index (χ4v) is 5.27. The van der Waals surface area contributed by atoms with Gasteiger partial charge in [-0.25, -0.2) is 4.98 Å². The molecule has 1 aliphatic rings. The molecule has 224 valence electrons. The van der Waals surface area contributed by atoms with Crippen molar-refractivity contribution in [3.8, 4) is 34.6 Å². The molecule has 2 aromatic heterocycles.